The summed E-state index contributed by atoms with van der Waals surface area (Å²) >= 11 is 0. The van der Waals surface area contributed by atoms with Gasteiger partial charge in [0, 0.05) is 6.07 Å². The van der Waals surface area contributed by atoms with Crippen LogP contribution in [0.1, 0.15) is 38.2 Å². The first-order chi connectivity index (χ1) is 13.5. The number of hydrogen-bond donors (Lipinski definition) is 0. The molecule has 0 bridgehead atoms. The summed E-state index contributed by atoms with van der Waals surface area (Å²) in [5.74, 6) is 1.52. The molecular formula is C25H22O3. The topological polar surface area (TPSA) is 35.5 Å². The molecule has 1 heterocycles. The molecule has 0 radical (unpaired) electrons. The van der Waals surface area contributed by atoms with Gasteiger partial charge in [-0.1, -0.05) is 59.7 Å². The third-order valence-corrected chi connectivity index (χ3v) is 4.81. The zero-order valence-electron chi connectivity index (χ0n) is 16.3. The molecule has 28 heavy (non-hydrogen) atoms. The normalized spacial score (nSPS) is 14.1. The minimum Gasteiger partial charge on any atom is -0.489 e. The summed E-state index contributed by atoms with van der Waals surface area (Å²) in [6.45, 7) is 6.47. The van der Waals surface area contributed by atoms with E-state index in [9.17, 15) is 4.79 Å². The second-order valence-corrected chi connectivity index (χ2v) is 7.24. The molecule has 4 rings (SSSR count). The minimum absolute atomic E-state index is 0.0842. The Morgan fingerprint density at radius 1 is 0.929 bits per heavy atom. The summed E-state index contributed by atoms with van der Waals surface area (Å²) < 4.78 is 11.8. The van der Waals surface area contributed by atoms with E-state index >= 15 is 0 Å². The van der Waals surface area contributed by atoms with Crippen molar-refractivity contribution in [1.82, 2.24) is 0 Å². The lowest BCUT2D eigenvalue weighted by Gasteiger charge is -2.09. The third-order valence-electron chi connectivity index (χ3n) is 4.81. The Hall–Kier alpha value is -3.33. The summed E-state index contributed by atoms with van der Waals surface area (Å²) in [7, 11) is 0. The number of carbonyl (C=O) groups is 1. The highest BCUT2D eigenvalue weighted by Gasteiger charge is 2.30. The molecule has 0 aromatic heterocycles. The summed E-state index contributed by atoms with van der Waals surface area (Å²) in [5.41, 5.74) is 5.87. The Bertz CT molecular complexity index is 1080. The zero-order valence-corrected chi connectivity index (χ0v) is 16.3. The lowest BCUT2D eigenvalue weighted by molar-refractivity contribution is 0.101. The van der Waals surface area contributed by atoms with Gasteiger partial charge in [-0.3, -0.25) is 4.79 Å². The van der Waals surface area contributed by atoms with Gasteiger partial charge in [-0.25, -0.2) is 0 Å². The van der Waals surface area contributed by atoms with Gasteiger partial charge in [0.1, 0.15) is 18.1 Å². The van der Waals surface area contributed by atoms with Gasteiger partial charge in [0.05, 0.1) is 5.56 Å². The molecule has 0 spiro atoms. The van der Waals surface area contributed by atoms with Crippen LogP contribution < -0.4 is 9.47 Å². The van der Waals surface area contributed by atoms with Gasteiger partial charge in [-0.05, 0) is 49.6 Å². The first-order valence-electron chi connectivity index (χ1n) is 9.33. The molecule has 0 unspecified atom stereocenters. The van der Waals surface area contributed by atoms with Crippen LogP contribution in [0.5, 0.6) is 11.5 Å². The van der Waals surface area contributed by atoms with E-state index in [0.717, 1.165) is 22.3 Å². The minimum atomic E-state index is -0.0842. The maximum atomic E-state index is 12.8. The summed E-state index contributed by atoms with van der Waals surface area (Å²) in [6, 6.07) is 19.9. The van der Waals surface area contributed by atoms with Gasteiger partial charge in [-0.2, -0.15) is 0 Å². The Kier molecular flexibility index (Phi) is 4.74. The molecule has 0 saturated heterocycles. The van der Waals surface area contributed by atoms with Crippen molar-refractivity contribution in [1.29, 1.82) is 0 Å². The highest BCUT2D eigenvalue weighted by atomic mass is 16.5. The van der Waals surface area contributed by atoms with Crippen LogP contribution in [0.15, 0.2) is 66.4 Å². The first-order valence-corrected chi connectivity index (χ1v) is 9.33. The van der Waals surface area contributed by atoms with Gasteiger partial charge in [0.2, 0.25) is 5.78 Å². The molecule has 0 fully saturated rings. The molecule has 140 valence electrons. The standard InChI is InChI=1S/C25H22O3/c1-16-7-9-19(10-8-16)15-27-21-12-18(3)24-22(14-21)28-23(25(24)26)13-20-6-4-5-17(2)11-20/h4-14H,15H2,1-3H3/b23-13-. The monoisotopic (exact) mass is 370 g/mol. The number of aryl methyl sites for hydroxylation is 3. The molecular weight excluding hydrogens is 348 g/mol. The first kappa shape index (κ1) is 18.1. The predicted octanol–water partition coefficient (Wildman–Crippen LogP) is 5.81. The van der Waals surface area contributed by atoms with Crippen molar-refractivity contribution in [3.8, 4) is 11.5 Å². The van der Waals surface area contributed by atoms with E-state index in [1.165, 1.54) is 5.56 Å². The number of hydrogen-bond acceptors (Lipinski definition) is 3. The van der Waals surface area contributed by atoms with Crippen LogP contribution in [0.2, 0.25) is 0 Å². The SMILES string of the molecule is Cc1ccc(COc2cc(C)c3c(c2)O/C(=C\c2cccc(C)c2)C3=O)cc1. The van der Waals surface area contributed by atoms with Crippen molar-refractivity contribution >= 4 is 11.9 Å². The highest BCUT2D eigenvalue weighted by Crippen LogP contribution is 2.37. The number of Topliss-reactive ketones (excluding diaryl/α,β-unsaturated/α-hetero) is 1. The highest BCUT2D eigenvalue weighted by molar-refractivity contribution is 6.15. The maximum Gasteiger partial charge on any atom is 0.232 e. The van der Waals surface area contributed by atoms with Crippen molar-refractivity contribution in [2.24, 2.45) is 0 Å². The smallest absolute Gasteiger partial charge is 0.232 e. The van der Waals surface area contributed by atoms with Crippen LogP contribution in [0, 0.1) is 20.8 Å². The second-order valence-electron chi connectivity index (χ2n) is 7.24. The van der Waals surface area contributed by atoms with Crippen LogP contribution in [0.25, 0.3) is 6.08 Å². The van der Waals surface area contributed by atoms with Crippen LogP contribution in [0.4, 0.5) is 0 Å². The van der Waals surface area contributed by atoms with E-state index in [4.69, 9.17) is 9.47 Å². The molecule has 0 aliphatic carbocycles. The van der Waals surface area contributed by atoms with Crippen molar-refractivity contribution in [3.63, 3.8) is 0 Å². The van der Waals surface area contributed by atoms with E-state index in [2.05, 4.69) is 31.2 Å². The van der Waals surface area contributed by atoms with Crippen molar-refractivity contribution in [3.05, 3.63) is 99.8 Å². The molecule has 0 amide bonds. The van der Waals surface area contributed by atoms with Crippen LogP contribution in [0.3, 0.4) is 0 Å². The molecule has 3 aromatic rings. The largest absolute Gasteiger partial charge is 0.489 e. The van der Waals surface area contributed by atoms with Crippen molar-refractivity contribution in [2.45, 2.75) is 27.4 Å². The Morgan fingerprint density at radius 2 is 1.71 bits per heavy atom. The van der Waals surface area contributed by atoms with E-state index in [0.29, 0.717) is 29.4 Å². The lowest BCUT2D eigenvalue weighted by atomic mass is 10.0. The average Bonchev–Trinajstić information content (AvgIpc) is 2.97. The fourth-order valence-corrected chi connectivity index (χ4v) is 3.32. The van der Waals surface area contributed by atoms with Gasteiger partial charge >= 0.3 is 0 Å². The molecule has 1 aliphatic heterocycles. The van der Waals surface area contributed by atoms with Gasteiger partial charge in [0.25, 0.3) is 0 Å². The molecule has 0 saturated carbocycles. The molecule has 0 atom stereocenters. The third kappa shape index (κ3) is 3.70. The number of ether oxygens (including phenoxy) is 2. The Labute approximate surface area is 165 Å². The number of carbonyl (C=O) groups excluding carboxylic acids is 1. The lowest BCUT2D eigenvalue weighted by Crippen LogP contribution is -2.00. The van der Waals surface area contributed by atoms with Crippen LogP contribution in [-0.2, 0) is 6.61 Å². The van der Waals surface area contributed by atoms with Crippen molar-refractivity contribution in [2.75, 3.05) is 0 Å². The quantitative estimate of drug-likeness (QED) is 0.544. The fourth-order valence-electron chi connectivity index (χ4n) is 3.32. The van der Waals surface area contributed by atoms with E-state index in [1.54, 1.807) is 12.1 Å². The van der Waals surface area contributed by atoms with Gasteiger partial charge in [-0.15, -0.1) is 0 Å². The molecule has 3 nitrogen and oxygen atoms in total. The van der Waals surface area contributed by atoms with Crippen LogP contribution >= 0.6 is 0 Å². The maximum absolute atomic E-state index is 12.8. The summed E-state index contributed by atoms with van der Waals surface area (Å²) in [4.78, 5) is 12.8. The number of rotatable bonds is 4. The number of allylic oxidation sites excluding steroid dienone is 1. The van der Waals surface area contributed by atoms with E-state index in [1.807, 2.05) is 44.2 Å². The number of fused-ring (bicyclic) bond motifs is 1. The summed E-state index contributed by atoms with van der Waals surface area (Å²) in [6.07, 6.45) is 1.79. The molecule has 3 aromatic carbocycles. The number of benzene rings is 3. The van der Waals surface area contributed by atoms with Crippen molar-refractivity contribution < 1.29 is 14.3 Å². The average molecular weight is 370 g/mol. The zero-order chi connectivity index (χ0) is 19.7. The second kappa shape index (κ2) is 7.35. The molecule has 0 N–H and O–H groups in total. The Balaban J connectivity index is 1.56. The fraction of sp³-hybridized carbons (Fsp3) is 0.160. The molecule has 1 aliphatic rings. The molecule has 3 heteroatoms. The summed E-state index contributed by atoms with van der Waals surface area (Å²) in [5, 5.41) is 0. The number of ketones is 1. The van der Waals surface area contributed by atoms with E-state index in [-0.39, 0.29) is 5.78 Å². The van der Waals surface area contributed by atoms with Gasteiger partial charge in [0.15, 0.2) is 5.76 Å². The van der Waals surface area contributed by atoms with Crippen LogP contribution in [-0.4, -0.2) is 5.78 Å². The van der Waals surface area contributed by atoms with Gasteiger partial charge < -0.3 is 9.47 Å². The van der Waals surface area contributed by atoms with E-state index < -0.39 is 0 Å². The predicted molar refractivity (Wildman–Crippen MR) is 111 cm³/mol. The Morgan fingerprint density at radius 3 is 2.46 bits per heavy atom.